The molecule has 0 radical (unpaired) electrons. The van der Waals surface area contributed by atoms with Gasteiger partial charge in [-0.25, -0.2) is 5.41 Å². The van der Waals surface area contributed by atoms with Crippen molar-refractivity contribution < 1.29 is 43.9 Å². The average Bonchev–Trinajstić information content (AvgIpc) is 2.06. The molecule has 1 rings (SSSR count). The van der Waals surface area contributed by atoms with Gasteiger partial charge in [0.25, 0.3) is 0 Å². The molecule has 0 aliphatic carbocycles. The molecule has 70 valence electrons. The van der Waals surface area contributed by atoms with Crippen LogP contribution in [-0.4, -0.2) is 14.9 Å². The normalized spacial score (nSPS) is 8.71. The maximum Gasteiger partial charge on any atom is 1.00 e. The fourth-order valence-corrected chi connectivity index (χ4v) is 1.11. The Morgan fingerprint density at radius 1 is 1.43 bits per heavy atom. The predicted molar refractivity (Wildman–Crippen MR) is 52.3 cm³/mol. The monoisotopic (exact) mass is 239 g/mol. The van der Waals surface area contributed by atoms with Crippen LogP contribution in [-0.2, 0) is 4.57 Å². The molecule has 0 bridgehead atoms. The molecule has 7 heteroatoms. The SMILES string of the molecule is N=C=S.O=P(O)(O)c1cc[c-]cc1.[Na+]. The first-order valence-electron chi connectivity index (χ1n) is 3.08. The van der Waals surface area contributed by atoms with Crippen LogP contribution in [0.25, 0.3) is 0 Å². The first-order chi connectivity index (χ1) is 6.02. The molecule has 0 unspecified atom stereocenters. The van der Waals surface area contributed by atoms with E-state index >= 15 is 0 Å². The zero-order chi connectivity index (χ0) is 10.3. The third kappa shape index (κ3) is 7.56. The Morgan fingerprint density at radius 3 is 2.00 bits per heavy atom. The molecule has 0 saturated carbocycles. The van der Waals surface area contributed by atoms with Crippen LogP contribution in [0.2, 0.25) is 0 Å². The molecule has 0 spiro atoms. The molecule has 0 fully saturated rings. The molecular formula is C7H7NNaO3PS. The smallest absolute Gasteiger partial charge is 0.322 e. The Kier molecular flexibility index (Phi) is 10.0. The number of isothiocyanates is 1. The minimum Gasteiger partial charge on any atom is -0.322 e. The van der Waals surface area contributed by atoms with Gasteiger partial charge in [0.2, 0.25) is 0 Å². The summed E-state index contributed by atoms with van der Waals surface area (Å²) in [4.78, 5) is 17.2. The van der Waals surface area contributed by atoms with E-state index in [9.17, 15) is 4.57 Å². The summed E-state index contributed by atoms with van der Waals surface area (Å²) in [7, 11) is -4.04. The summed E-state index contributed by atoms with van der Waals surface area (Å²) < 4.78 is 10.5. The van der Waals surface area contributed by atoms with Crippen molar-refractivity contribution in [2.24, 2.45) is 0 Å². The second-order valence-corrected chi connectivity index (χ2v) is 3.71. The van der Waals surface area contributed by atoms with Crippen molar-refractivity contribution in [3.63, 3.8) is 0 Å². The van der Waals surface area contributed by atoms with Crippen molar-refractivity contribution in [3.05, 3.63) is 30.3 Å². The molecule has 0 heterocycles. The minimum absolute atomic E-state index is 0. The molecule has 0 amide bonds. The Balaban J connectivity index is 0. The van der Waals surface area contributed by atoms with Crippen LogP contribution in [0.5, 0.6) is 0 Å². The molecule has 0 saturated heterocycles. The van der Waals surface area contributed by atoms with Crippen molar-refractivity contribution in [3.8, 4) is 0 Å². The Hall–Kier alpha value is 0.170. The summed E-state index contributed by atoms with van der Waals surface area (Å²) in [5.41, 5.74) is 0. The number of benzene rings is 1. The van der Waals surface area contributed by atoms with E-state index in [1.54, 1.807) is 5.16 Å². The second-order valence-electron chi connectivity index (χ2n) is 1.90. The number of hydrogen-bond donors (Lipinski definition) is 3. The first kappa shape index (κ1) is 16.6. The molecule has 3 N–H and O–H groups in total. The molecule has 0 atom stereocenters. The zero-order valence-corrected chi connectivity index (χ0v) is 11.2. The molecule has 0 aliphatic rings. The van der Waals surface area contributed by atoms with Crippen molar-refractivity contribution >= 4 is 30.3 Å². The molecule has 1 aromatic carbocycles. The van der Waals surface area contributed by atoms with Gasteiger partial charge in [-0.3, -0.25) is 4.57 Å². The Bertz CT molecular complexity index is 334. The van der Waals surface area contributed by atoms with Crippen molar-refractivity contribution in [1.82, 2.24) is 0 Å². The summed E-state index contributed by atoms with van der Waals surface area (Å²) in [5, 5.41) is 7.39. The van der Waals surface area contributed by atoms with Crippen LogP contribution in [0.3, 0.4) is 0 Å². The Morgan fingerprint density at radius 2 is 1.79 bits per heavy atom. The molecule has 4 nitrogen and oxygen atoms in total. The van der Waals surface area contributed by atoms with Crippen LogP contribution in [0.15, 0.2) is 24.3 Å². The van der Waals surface area contributed by atoms with Gasteiger partial charge in [-0.05, 0) is 17.5 Å². The molecule has 1 aromatic rings. The van der Waals surface area contributed by atoms with Crippen molar-refractivity contribution in [2.75, 3.05) is 0 Å². The number of hydrogen-bond acceptors (Lipinski definition) is 3. The number of thiocarbonyl (C=S) groups is 1. The fourth-order valence-electron chi connectivity index (χ4n) is 0.572. The summed E-state index contributed by atoms with van der Waals surface area (Å²) in [6.45, 7) is 0. The summed E-state index contributed by atoms with van der Waals surface area (Å²) in [5.74, 6) is 0. The van der Waals surface area contributed by atoms with Gasteiger partial charge in [0.15, 0.2) is 0 Å². The topological polar surface area (TPSA) is 81.4 Å². The van der Waals surface area contributed by atoms with Crippen LogP contribution >= 0.6 is 19.8 Å². The minimum atomic E-state index is -4.04. The second kappa shape index (κ2) is 8.48. The van der Waals surface area contributed by atoms with Crippen molar-refractivity contribution in [2.45, 2.75) is 0 Å². The number of rotatable bonds is 1. The first-order valence-corrected chi connectivity index (χ1v) is 5.10. The van der Waals surface area contributed by atoms with Gasteiger partial charge in [-0.1, -0.05) is 0 Å². The van der Waals surface area contributed by atoms with Gasteiger partial charge in [-0.2, -0.15) is 30.3 Å². The predicted octanol–water partition coefficient (Wildman–Crippen LogP) is -2.04. The van der Waals surface area contributed by atoms with Gasteiger partial charge >= 0.3 is 37.2 Å². The quantitative estimate of drug-likeness (QED) is 0.173. The van der Waals surface area contributed by atoms with E-state index in [0.717, 1.165) is 0 Å². The van der Waals surface area contributed by atoms with Gasteiger partial charge < -0.3 is 9.79 Å². The summed E-state index contributed by atoms with van der Waals surface area (Å²) in [6.07, 6.45) is 0. The maximum absolute atomic E-state index is 10.5. The van der Waals surface area contributed by atoms with E-state index in [1.165, 1.54) is 24.3 Å². The Labute approximate surface area is 109 Å². The van der Waals surface area contributed by atoms with Crippen molar-refractivity contribution in [1.29, 1.82) is 5.41 Å². The summed E-state index contributed by atoms with van der Waals surface area (Å²) >= 11 is 3.81. The van der Waals surface area contributed by atoms with E-state index in [2.05, 4.69) is 18.3 Å². The third-order valence-corrected chi connectivity index (χ3v) is 2.01. The van der Waals surface area contributed by atoms with E-state index in [0.29, 0.717) is 0 Å². The molecule has 14 heavy (non-hydrogen) atoms. The van der Waals surface area contributed by atoms with E-state index in [1.807, 2.05) is 0 Å². The number of nitrogens with one attached hydrogen (secondary N) is 1. The average molecular weight is 239 g/mol. The van der Waals surface area contributed by atoms with Crippen LogP contribution in [0.1, 0.15) is 0 Å². The molecular weight excluding hydrogens is 232 g/mol. The van der Waals surface area contributed by atoms with Crippen LogP contribution < -0.4 is 34.9 Å². The maximum atomic E-state index is 10.5. The van der Waals surface area contributed by atoms with E-state index in [-0.39, 0.29) is 34.9 Å². The van der Waals surface area contributed by atoms with Gasteiger partial charge in [0, 0.05) is 0 Å². The van der Waals surface area contributed by atoms with Gasteiger partial charge in [-0.15, -0.1) is 0 Å². The molecule has 0 aromatic heterocycles. The fraction of sp³-hybridized carbons (Fsp3) is 0. The molecule has 0 aliphatic heterocycles. The van der Waals surface area contributed by atoms with E-state index < -0.39 is 7.60 Å². The van der Waals surface area contributed by atoms with Crippen LogP contribution in [0.4, 0.5) is 0 Å². The standard InChI is InChI=1S/C6H6O3P.CHNS.Na/c7-10(8,9)6-4-2-1-3-5-6;2-1-3;/h2-5H,(H2,7,8,9);2H;/q-1;;+1. The summed E-state index contributed by atoms with van der Waals surface area (Å²) in [6, 6.07) is 8.29. The third-order valence-electron chi connectivity index (χ3n) is 1.04. The van der Waals surface area contributed by atoms with Gasteiger partial charge in [0.1, 0.15) is 0 Å². The zero-order valence-electron chi connectivity index (χ0n) is 7.47. The van der Waals surface area contributed by atoms with Crippen LogP contribution in [0, 0.1) is 11.5 Å². The largest absolute Gasteiger partial charge is 1.00 e. The van der Waals surface area contributed by atoms with Gasteiger partial charge in [0.05, 0.1) is 5.16 Å². The van der Waals surface area contributed by atoms with E-state index in [4.69, 9.17) is 15.2 Å².